The number of nitriles is 1. The number of unbranched alkanes of at least 4 members (excludes halogenated alkanes) is 2. The van der Waals surface area contributed by atoms with Crippen LogP contribution in [0.3, 0.4) is 0 Å². The molecule has 0 radical (unpaired) electrons. The SMILES string of the molecule is CSCCCCCNS(=O)(=O)C(C)C#N. The molecule has 15 heavy (non-hydrogen) atoms. The van der Waals surface area contributed by atoms with Crippen molar-refractivity contribution >= 4 is 21.8 Å². The Morgan fingerprint density at radius 2 is 2.07 bits per heavy atom. The van der Waals surface area contributed by atoms with Crippen LogP contribution in [0.4, 0.5) is 0 Å². The van der Waals surface area contributed by atoms with Crippen LogP contribution in [0.15, 0.2) is 0 Å². The molecule has 0 spiro atoms. The smallest absolute Gasteiger partial charge is 0.214 e. The predicted octanol–water partition coefficient (Wildman–Crippen LogP) is 1.35. The number of thioether (sulfide) groups is 1. The topological polar surface area (TPSA) is 70.0 Å². The summed E-state index contributed by atoms with van der Waals surface area (Å²) in [5.74, 6) is 1.11. The molecule has 6 heteroatoms. The van der Waals surface area contributed by atoms with Crippen LogP contribution in [0.2, 0.25) is 0 Å². The maximum absolute atomic E-state index is 11.3. The largest absolute Gasteiger partial charge is 0.227 e. The molecule has 1 N–H and O–H groups in total. The van der Waals surface area contributed by atoms with Gasteiger partial charge in [0.1, 0.15) is 0 Å². The van der Waals surface area contributed by atoms with Crippen molar-refractivity contribution in [3.63, 3.8) is 0 Å². The van der Waals surface area contributed by atoms with E-state index in [1.807, 2.05) is 0 Å². The van der Waals surface area contributed by atoms with Crippen molar-refractivity contribution in [3.8, 4) is 6.07 Å². The van der Waals surface area contributed by atoms with Crippen LogP contribution in [-0.2, 0) is 10.0 Å². The highest BCUT2D eigenvalue weighted by molar-refractivity contribution is 7.98. The molecule has 1 atom stereocenters. The summed E-state index contributed by atoms with van der Waals surface area (Å²) >= 11 is 1.79. The Bertz CT molecular complexity index is 296. The fourth-order valence-corrected chi connectivity index (χ4v) is 2.27. The van der Waals surface area contributed by atoms with Gasteiger partial charge in [0.15, 0.2) is 5.25 Å². The number of nitrogens with zero attached hydrogens (tertiary/aromatic N) is 1. The summed E-state index contributed by atoms with van der Waals surface area (Å²) in [5, 5.41) is 7.50. The first-order valence-corrected chi connectivity index (χ1v) is 7.85. The Hall–Kier alpha value is -0.250. The standard InChI is InChI=1S/C9H18N2O2S2/c1-9(8-10)15(12,13)11-6-4-3-5-7-14-2/h9,11H,3-7H2,1-2H3. The maximum atomic E-state index is 11.3. The molecule has 0 saturated carbocycles. The first kappa shape index (κ1) is 14.8. The van der Waals surface area contributed by atoms with Crippen molar-refractivity contribution in [3.05, 3.63) is 0 Å². The van der Waals surface area contributed by atoms with E-state index in [1.165, 1.54) is 6.92 Å². The second kappa shape index (κ2) is 7.97. The third kappa shape index (κ3) is 6.77. The van der Waals surface area contributed by atoms with Gasteiger partial charge in [0.2, 0.25) is 10.0 Å². The summed E-state index contributed by atoms with van der Waals surface area (Å²) in [7, 11) is -3.42. The lowest BCUT2D eigenvalue weighted by Gasteiger charge is -2.07. The highest BCUT2D eigenvalue weighted by Crippen LogP contribution is 2.02. The van der Waals surface area contributed by atoms with Gasteiger partial charge in [-0.05, 0) is 31.8 Å². The van der Waals surface area contributed by atoms with Crippen LogP contribution in [0.25, 0.3) is 0 Å². The van der Waals surface area contributed by atoms with Gasteiger partial charge < -0.3 is 0 Å². The molecule has 0 saturated heterocycles. The van der Waals surface area contributed by atoms with E-state index in [4.69, 9.17) is 5.26 Å². The van der Waals surface area contributed by atoms with E-state index in [0.29, 0.717) is 6.54 Å². The molecule has 88 valence electrons. The second-order valence-electron chi connectivity index (χ2n) is 3.26. The second-order valence-corrected chi connectivity index (χ2v) is 6.34. The van der Waals surface area contributed by atoms with E-state index in [-0.39, 0.29) is 0 Å². The fourth-order valence-electron chi connectivity index (χ4n) is 0.957. The minimum Gasteiger partial charge on any atom is -0.214 e. The molecule has 0 fully saturated rings. The Morgan fingerprint density at radius 1 is 1.40 bits per heavy atom. The van der Waals surface area contributed by atoms with Gasteiger partial charge in [0.25, 0.3) is 0 Å². The van der Waals surface area contributed by atoms with Gasteiger partial charge >= 0.3 is 0 Å². The van der Waals surface area contributed by atoms with Crippen LogP contribution in [0.1, 0.15) is 26.2 Å². The summed E-state index contributed by atoms with van der Waals surface area (Å²) < 4.78 is 25.1. The van der Waals surface area contributed by atoms with Crippen molar-refractivity contribution in [2.75, 3.05) is 18.6 Å². The lowest BCUT2D eigenvalue weighted by molar-refractivity contribution is 0.572. The molecule has 0 bridgehead atoms. The van der Waals surface area contributed by atoms with Crippen molar-refractivity contribution in [2.45, 2.75) is 31.4 Å². The number of sulfonamides is 1. The third-order valence-corrected chi connectivity index (χ3v) is 4.32. The molecule has 0 aromatic rings. The Kier molecular flexibility index (Phi) is 7.83. The van der Waals surface area contributed by atoms with Crippen LogP contribution in [0.5, 0.6) is 0 Å². The van der Waals surface area contributed by atoms with Gasteiger partial charge in [0.05, 0.1) is 6.07 Å². The number of hydrogen-bond acceptors (Lipinski definition) is 4. The lowest BCUT2D eigenvalue weighted by Crippen LogP contribution is -2.32. The molecule has 0 aliphatic heterocycles. The molecule has 0 heterocycles. The lowest BCUT2D eigenvalue weighted by atomic mass is 10.2. The van der Waals surface area contributed by atoms with E-state index in [2.05, 4.69) is 11.0 Å². The van der Waals surface area contributed by atoms with E-state index in [0.717, 1.165) is 25.0 Å². The molecule has 0 aliphatic rings. The van der Waals surface area contributed by atoms with E-state index in [9.17, 15) is 8.42 Å². The van der Waals surface area contributed by atoms with E-state index < -0.39 is 15.3 Å². The van der Waals surface area contributed by atoms with Crippen LogP contribution < -0.4 is 4.72 Å². The maximum Gasteiger partial charge on any atom is 0.227 e. The van der Waals surface area contributed by atoms with Crippen LogP contribution in [0, 0.1) is 11.3 Å². The Morgan fingerprint density at radius 3 is 2.60 bits per heavy atom. The fraction of sp³-hybridized carbons (Fsp3) is 0.889. The van der Waals surface area contributed by atoms with Gasteiger partial charge in [-0.25, -0.2) is 13.1 Å². The quantitative estimate of drug-likeness (QED) is 0.660. The molecule has 4 nitrogen and oxygen atoms in total. The third-order valence-electron chi connectivity index (χ3n) is 1.98. The molecule has 0 rings (SSSR count). The van der Waals surface area contributed by atoms with E-state index in [1.54, 1.807) is 17.8 Å². The number of rotatable bonds is 8. The Balaban J connectivity index is 3.64. The molecule has 1 unspecified atom stereocenters. The number of hydrogen-bond donors (Lipinski definition) is 1. The molecule has 0 aromatic heterocycles. The monoisotopic (exact) mass is 250 g/mol. The number of nitrogens with one attached hydrogen (secondary N) is 1. The van der Waals surface area contributed by atoms with Crippen LogP contribution in [-0.4, -0.2) is 32.2 Å². The minimum atomic E-state index is -3.42. The predicted molar refractivity (Wildman–Crippen MR) is 64.2 cm³/mol. The average Bonchev–Trinajstić information content (AvgIpc) is 2.22. The van der Waals surface area contributed by atoms with Gasteiger partial charge in [-0.2, -0.15) is 17.0 Å². The van der Waals surface area contributed by atoms with Crippen LogP contribution >= 0.6 is 11.8 Å². The first-order valence-electron chi connectivity index (χ1n) is 4.91. The average molecular weight is 250 g/mol. The van der Waals surface area contributed by atoms with Crippen molar-refractivity contribution in [1.29, 1.82) is 5.26 Å². The molecular formula is C9H18N2O2S2. The van der Waals surface area contributed by atoms with E-state index >= 15 is 0 Å². The van der Waals surface area contributed by atoms with Gasteiger partial charge in [-0.1, -0.05) is 6.42 Å². The summed E-state index contributed by atoms with van der Waals surface area (Å²) in [6.45, 7) is 1.82. The van der Waals surface area contributed by atoms with Crippen molar-refractivity contribution < 1.29 is 8.42 Å². The van der Waals surface area contributed by atoms with Crippen molar-refractivity contribution in [1.82, 2.24) is 4.72 Å². The van der Waals surface area contributed by atoms with Gasteiger partial charge in [-0.3, -0.25) is 0 Å². The highest BCUT2D eigenvalue weighted by Gasteiger charge is 2.18. The van der Waals surface area contributed by atoms with Crippen molar-refractivity contribution in [2.24, 2.45) is 0 Å². The van der Waals surface area contributed by atoms with Gasteiger partial charge in [-0.15, -0.1) is 0 Å². The zero-order chi connectivity index (χ0) is 11.7. The summed E-state index contributed by atoms with van der Waals surface area (Å²) in [6, 6.07) is 1.71. The summed E-state index contributed by atoms with van der Waals surface area (Å²) in [6.07, 6.45) is 5.01. The zero-order valence-electron chi connectivity index (χ0n) is 9.19. The van der Waals surface area contributed by atoms with Gasteiger partial charge in [0, 0.05) is 6.54 Å². The zero-order valence-corrected chi connectivity index (χ0v) is 10.8. The summed E-state index contributed by atoms with van der Waals surface area (Å²) in [5.41, 5.74) is 0. The normalized spacial score (nSPS) is 13.4. The highest BCUT2D eigenvalue weighted by atomic mass is 32.2. The Labute approximate surface area is 96.5 Å². The first-order chi connectivity index (χ1) is 7.04. The summed E-state index contributed by atoms with van der Waals surface area (Å²) in [4.78, 5) is 0. The molecular weight excluding hydrogens is 232 g/mol. The molecule has 0 aliphatic carbocycles. The molecule has 0 amide bonds. The molecule has 0 aromatic carbocycles. The minimum absolute atomic E-state index is 0.433.